The van der Waals surface area contributed by atoms with Crippen LogP contribution in [0.2, 0.25) is 0 Å². The molecule has 0 aromatic heterocycles. The van der Waals surface area contributed by atoms with Crippen molar-refractivity contribution in [1.29, 1.82) is 5.26 Å². The van der Waals surface area contributed by atoms with Crippen LogP contribution < -0.4 is 5.32 Å². The SMILES string of the molecule is N#CC1=C(C2=CC=C(COC3CC4(CCCN4)C3)CC2)CCC=C1. The zero-order chi connectivity index (χ0) is 16.4. The molecule has 0 aromatic carbocycles. The Bertz CT molecular complexity index is 660. The number of rotatable bonds is 4. The zero-order valence-corrected chi connectivity index (χ0v) is 14.3. The first-order valence-electron chi connectivity index (χ1n) is 9.33. The lowest BCUT2D eigenvalue weighted by Crippen LogP contribution is -2.54. The molecule has 0 radical (unpaired) electrons. The molecule has 3 aliphatic carbocycles. The van der Waals surface area contributed by atoms with Gasteiger partial charge in [-0.15, -0.1) is 0 Å². The van der Waals surface area contributed by atoms with Crippen molar-refractivity contribution >= 4 is 0 Å². The van der Waals surface area contributed by atoms with Gasteiger partial charge in [0.05, 0.1) is 24.4 Å². The highest BCUT2D eigenvalue weighted by Crippen LogP contribution is 2.41. The molecule has 1 heterocycles. The lowest BCUT2D eigenvalue weighted by atomic mass is 9.73. The molecule has 2 fully saturated rings. The number of hydrogen-bond donors (Lipinski definition) is 1. The van der Waals surface area contributed by atoms with Gasteiger partial charge in [-0.1, -0.05) is 18.2 Å². The van der Waals surface area contributed by atoms with Crippen molar-refractivity contribution in [3.8, 4) is 6.07 Å². The maximum absolute atomic E-state index is 9.28. The van der Waals surface area contributed by atoms with Crippen LogP contribution in [0.25, 0.3) is 0 Å². The molecule has 3 nitrogen and oxygen atoms in total. The van der Waals surface area contributed by atoms with Crippen LogP contribution >= 0.6 is 0 Å². The van der Waals surface area contributed by atoms with Gasteiger partial charge in [0, 0.05) is 5.54 Å². The van der Waals surface area contributed by atoms with Crippen LogP contribution in [0.1, 0.15) is 51.4 Å². The number of nitrogens with one attached hydrogen (secondary N) is 1. The summed E-state index contributed by atoms with van der Waals surface area (Å²) in [7, 11) is 0. The first-order valence-corrected chi connectivity index (χ1v) is 9.33. The van der Waals surface area contributed by atoms with E-state index in [0.29, 0.717) is 11.6 Å². The quantitative estimate of drug-likeness (QED) is 0.847. The standard InChI is InChI=1S/C21H26N2O/c22-14-18-4-1-2-5-20(18)17-8-6-16(7-9-17)15-24-19-12-21(13-19)10-3-11-23-21/h1,4,6,8,19,23H,2-3,5,7,9-13,15H2. The van der Waals surface area contributed by atoms with E-state index in [4.69, 9.17) is 4.74 Å². The molecule has 1 saturated carbocycles. The molecule has 0 atom stereocenters. The van der Waals surface area contributed by atoms with Crippen molar-refractivity contribution in [2.45, 2.75) is 63.0 Å². The van der Waals surface area contributed by atoms with Crippen molar-refractivity contribution in [3.63, 3.8) is 0 Å². The van der Waals surface area contributed by atoms with Gasteiger partial charge in [-0.05, 0) is 80.7 Å². The topological polar surface area (TPSA) is 45.0 Å². The van der Waals surface area contributed by atoms with Crippen molar-refractivity contribution in [2.24, 2.45) is 0 Å². The summed E-state index contributed by atoms with van der Waals surface area (Å²) in [6.45, 7) is 1.95. The second-order valence-corrected chi connectivity index (χ2v) is 7.61. The summed E-state index contributed by atoms with van der Waals surface area (Å²) >= 11 is 0. The van der Waals surface area contributed by atoms with Gasteiger partial charge in [0.1, 0.15) is 0 Å². The highest BCUT2D eigenvalue weighted by molar-refractivity contribution is 5.51. The van der Waals surface area contributed by atoms with Crippen LogP contribution in [0.3, 0.4) is 0 Å². The third kappa shape index (κ3) is 3.14. The summed E-state index contributed by atoms with van der Waals surface area (Å²) in [5.41, 5.74) is 5.27. The van der Waals surface area contributed by atoms with E-state index in [9.17, 15) is 5.26 Å². The second kappa shape index (κ2) is 6.70. The molecule has 3 heteroatoms. The summed E-state index contributed by atoms with van der Waals surface area (Å²) in [6, 6.07) is 2.34. The first-order chi connectivity index (χ1) is 11.8. The van der Waals surface area contributed by atoms with Crippen LogP contribution in [-0.4, -0.2) is 24.8 Å². The predicted octanol–water partition coefficient (Wildman–Crippen LogP) is 4.10. The van der Waals surface area contributed by atoms with E-state index in [0.717, 1.165) is 37.9 Å². The predicted molar refractivity (Wildman–Crippen MR) is 95.4 cm³/mol. The Morgan fingerprint density at radius 2 is 2.17 bits per heavy atom. The van der Waals surface area contributed by atoms with Gasteiger partial charge in [0.15, 0.2) is 0 Å². The maximum atomic E-state index is 9.28. The fourth-order valence-corrected chi connectivity index (χ4v) is 4.53. The van der Waals surface area contributed by atoms with E-state index >= 15 is 0 Å². The molecule has 4 aliphatic rings. The normalized spacial score (nSPS) is 32.4. The second-order valence-electron chi connectivity index (χ2n) is 7.61. The van der Waals surface area contributed by atoms with Crippen molar-refractivity contribution in [3.05, 3.63) is 46.6 Å². The number of hydrogen-bond acceptors (Lipinski definition) is 3. The lowest BCUT2D eigenvalue weighted by molar-refractivity contribution is -0.0409. The number of nitrogens with zero attached hydrogens (tertiary/aromatic N) is 1. The fourth-order valence-electron chi connectivity index (χ4n) is 4.53. The van der Waals surface area contributed by atoms with E-state index in [1.165, 1.54) is 48.9 Å². The molecule has 0 unspecified atom stereocenters. The molecule has 24 heavy (non-hydrogen) atoms. The monoisotopic (exact) mass is 322 g/mol. The van der Waals surface area contributed by atoms with Crippen molar-refractivity contribution in [2.75, 3.05) is 13.2 Å². The van der Waals surface area contributed by atoms with E-state index in [1.54, 1.807) is 0 Å². The Balaban J connectivity index is 1.32. The molecule has 1 spiro atoms. The van der Waals surface area contributed by atoms with Crippen LogP contribution in [0.5, 0.6) is 0 Å². The minimum Gasteiger partial charge on any atom is -0.374 e. The molecule has 1 aliphatic heterocycles. The van der Waals surface area contributed by atoms with Gasteiger partial charge in [-0.2, -0.15) is 5.26 Å². The molecular weight excluding hydrogens is 296 g/mol. The van der Waals surface area contributed by atoms with Gasteiger partial charge >= 0.3 is 0 Å². The molecule has 0 amide bonds. The average molecular weight is 322 g/mol. The van der Waals surface area contributed by atoms with E-state index < -0.39 is 0 Å². The van der Waals surface area contributed by atoms with Gasteiger partial charge < -0.3 is 10.1 Å². The fraction of sp³-hybridized carbons (Fsp3) is 0.571. The largest absolute Gasteiger partial charge is 0.374 e. The molecule has 1 saturated heterocycles. The van der Waals surface area contributed by atoms with E-state index in [1.807, 2.05) is 6.08 Å². The number of nitriles is 1. The minimum absolute atomic E-state index is 0.424. The highest BCUT2D eigenvalue weighted by Gasteiger charge is 2.46. The third-order valence-corrected chi connectivity index (χ3v) is 5.99. The first kappa shape index (κ1) is 15.9. The molecule has 0 aromatic rings. The molecule has 0 bridgehead atoms. The summed E-state index contributed by atoms with van der Waals surface area (Å²) in [4.78, 5) is 0. The van der Waals surface area contributed by atoms with Gasteiger partial charge in [-0.3, -0.25) is 0 Å². The minimum atomic E-state index is 0.424. The van der Waals surface area contributed by atoms with Crippen LogP contribution in [0.15, 0.2) is 46.6 Å². The van der Waals surface area contributed by atoms with Crippen LogP contribution in [0.4, 0.5) is 0 Å². The Labute approximate surface area is 144 Å². The Kier molecular flexibility index (Phi) is 4.43. The molecule has 126 valence electrons. The number of allylic oxidation sites excluding steroid dienone is 7. The van der Waals surface area contributed by atoms with Crippen molar-refractivity contribution < 1.29 is 4.74 Å². The van der Waals surface area contributed by atoms with Crippen molar-refractivity contribution in [1.82, 2.24) is 5.32 Å². The third-order valence-electron chi connectivity index (χ3n) is 5.99. The Morgan fingerprint density at radius 1 is 1.25 bits per heavy atom. The zero-order valence-electron chi connectivity index (χ0n) is 14.3. The van der Waals surface area contributed by atoms with Gasteiger partial charge in [-0.25, -0.2) is 0 Å². The average Bonchev–Trinajstić information content (AvgIpc) is 3.09. The van der Waals surface area contributed by atoms with Crippen LogP contribution in [0, 0.1) is 11.3 Å². The smallest absolute Gasteiger partial charge is 0.0994 e. The van der Waals surface area contributed by atoms with E-state index in [2.05, 4.69) is 29.6 Å². The number of ether oxygens (including phenoxy) is 1. The van der Waals surface area contributed by atoms with E-state index in [-0.39, 0.29) is 0 Å². The maximum Gasteiger partial charge on any atom is 0.0994 e. The summed E-state index contributed by atoms with van der Waals surface area (Å²) in [6.07, 6.45) is 18.1. The molecule has 1 N–H and O–H groups in total. The summed E-state index contributed by atoms with van der Waals surface area (Å²) in [5, 5.41) is 12.9. The molecule has 4 rings (SSSR count). The van der Waals surface area contributed by atoms with Gasteiger partial charge in [0.2, 0.25) is 0 Å². The summed E-state index contributed by atoms with van der Waals surface area (Å²) in [5.74, 6) is 0. The lowest BCUT2D eigenvalue weighted by Gasteiger charge is -2.45. The van der Waals surface area contributed by atoms with Crippen LogP contribution in [-0.2, 0) is 4.74 Å². The Morgan fingerprint density at radius 3 is 2.88 bits per heavy atom. The highest BCUT2D eigenvalue weighted by atomic mass is 16.5. The molecular formula is C21H26N2O. The Hall–Kier alpha value is -1.63. The summed E-state index contributed by atoms with van der Waals surface area (Å²) < 4.78 is 6.11. The van der Waals surface area contributed by atoms with Gasteiger partial charge in [0.25, 0.3) is 0 Å².